The van der Waals surface area contributed by atoms with Crippen LogP contribution in [0.1, 0.15) is 19.2 Å². The molecule has 14 heavy (non-hydrogen) atoms. The van der Waals surface area contributed by atoms with Crippen LogP contribution in [0.2, 0.25) is 0 Å². The normalized spacial score (nSPS) is 13.1. The number of aryl methyl sites for hydroxylation is 1. The molecule has 0 saturated heterocycles. The molecule has 0 spiro atoms. The number of hydrogen-bond acceptors (Lipinski definition) is 5. The van der Waals surface area contributed by atoms with Gasteiger partial charge in [-0.05, 0) is 17.9 Å². The molecule has 0 aliphatic rings. The highest BCUT2D eigenvalue weighted by atomic mass is 32.2. The molecule has 1 unspecified atom stereocenters. The van der Waals surface area contributed by atoms with Crippen LogP contribution in [0.4, 0.5) is 0 Å². The van der Waals surface area contributed by atoms with Gasteiger partial charge in [0.1, 0.15) is 0 Å². The van der Waals surface area contributed by atoms with Gasteiger partial charge in [-0.15, -0.1) is 10.2 Å². The Morgan fingerprint density at radius 3 is 2.86 bits per heavy atom. The Morgan fingerprint density at radius 1 is 1.57 bits per heavy atom. The van der Waals surface area contributed by atoms with Gasteiger partial charge in [0, 0.05) is 11.8 Å². The average Bonchev–Trinajstić information content (AvgIpc) is 2.59. The summed E-state index contributed by atoms with van der Waals surface area (Å²) in [7, 11) is 1.77. The first-order chi connectivity index (χ1) is 6.76. The highest BCUT2D eigenvalue weighted by Gasteiger charge is 2.06. The second-order valence-electron chi connectivity index (χ2n) is 3.14. The van der Waals surface area contributed by atoms with Gasteiger partial charge < -0.3 is 5.32 Å². The minimum Gasteiger partial charge on any atom is -0.306 e. The van der Waals surface area contributed by atoms with E-state index in [4.69, 9.17) is 0 Å². The van der Waals surface area contributed by atoms with Crippen LogP contribution in [0.3, 0.4) is 0 Å². The van der Waals surface area contributed by atoms with Crippen LogP contribution in [0.25, 0.3) is 0 Å². The summed E-state index contributed by atoms with van der Waals surface area (Å²) in [6, 6.07) is 0.536. The highest BCUT2D eigenvalue weighted by molar-refractivity contribution is 7.98. The molecule has 0 bridgehead atoms. The van der Waals surface area contributed by atoms with Gasteiger partial charge in [-0.25, -0.2) is 0 Å². The molecular weight excluding hydrogens is 198 g/mol. The maximum Gasteiger partial charge on any atom is 0.188 e. The molecule has 0 fully saturated rings. The summed E-state index contributed by atoms with van der Waals surface area (Å²) in [5.74, 6) is 1.88. The van der Waals surface area contributed by atoms with Crippen molar-refractivity contribution >= 4 is 11.8 Å². The minimum absolute atomic E-state index is 0.536. The zero-order valence-corrected chi connectivity index (χ0v) is 9.71. The summed E-state index contributed by atoms with van der Waals surface area (Å²) in [5, 5.41) is 15.2. The van der Waals surface area contributed by atoms with E-state index in [0.29, 0.717) is 12.6 Å². The summed E-state index contributed by atoms with van der Waals surface area (Å²) >= 11 is 1.85. The van der Waals surface area contributed by atoms with Gasteiger partial charge in [0.15, 0.2) is 5.82 Å². The average molecular weight is 215 g/mol. The third-order valence-corrected chi connectivity index (χ3v) is 2.69. The van der Waals surface area contributed by atoms with Crippen LogP contribution in [-0.4, -0.2) is 38.3 Å². The van der Waals surface area contributed by atoms with Crippen LogP contribution in [0.5, 0.6) is 0 Å². The molecule has 0 saturated carbocycles. The molecular formula is C8H17N5S. The maximum absolute atomic E-state index is 4.10. The lowest BCUT2D eigenvalue weighted by Crippen LogP contribution is -2.30. The van der Waals surface area contributed by atoms with Gasteiger partial charge in [-0.1, -0.05) is 6.92 Å². The number of nitrogens with one attached hydrogen (secondary N) is 1. The molecule has 0 aromatic carbocycles. The first-order valence-corrected chi connectivity index (χ1v) is 6.10. The summed E-state index contributed by atoms with van der Waals surface area (Å²) in [5.41, 5.74) is 0. The van der Waals surface area contributed by atoms with Gasteiger partial charge in [0.05, 0.1) is 13.6 Å². The number of hydrogen-bond donors (Lipinski definition) is 1. The van der Waals surface area contributed by atoms with Gasteiger partial charge in [0.2, 0.25) is 0 Å². The van der Waals surface area contributed by atoms with E-state index in [1.54, 1.807) is 7.05 Å². The van der Waals surface area contributed by atoms with Gasteiger partial charge in [-0.3, -0.25) is 0 Å². The van der Waals surface area contributed by atoms with Crippen LogP contribution >= 0.6 is 11.8 Å². The molecule has 5 nitrogen and oxygen atoms in total. The highest BCUT2D eigenvalue weighted by Crippen LogP contribution is 2.01. The molecule has 1 N–H and O–H groups in total. The van der Waals surface area contributed by atoms with E-state index in [1.165, 1.54) is 4.80 Å². The summed E-state index contributed by atoms with van der Waals surface area (Å²) in [6.07, 6.45) is 3.24. The van der Waals surface area contributed by atoms with Crippen molar-refractivity contribution < 1.29 is 0 Å². The molecule has 0 aliphatic carbocycles. The quantitative estimate of drug-likeness (QED) is 0.746. The van der Waals surface area contributed by atoms with Crippen LogP contribution in [-0.2, 0) is 13.6 Å². The molecule has 80 valence electrons. The molecule has 1 atom stereocenters. The van der Waals surface area contributed by atoms with Gasteiger partial charge >= 0.3 is 0 Å². The monoisotopic (exact) mass is 215 g/mol. The van der Waals surface area contributed by atoms with E-state index in [0.717, 1.165) is 18.0 Å². The number of tetrazole rings is 1. The van der Waals surface area contributed by atoms with Crippen LogP contribution in [0, 0.1) is 0 Å². The Morgan fingerprint density at radius 2 is 2.36 bits per heavy atom. The number of aromatic nitrogens is 4. The van der Waals surface area contributed by atoms with E-state index in [2.05, 4.69) is 33.9 Å². The fourth-order valence-electron chi connectivity index (χ4n) is 1.15. The molecule has 1 aromatic rings. The Bertz CT molecular complexity index is 262. The SMILES string of the molecule is CCC(CSC)NCc1nnn(C)n1. The summed E-state index contributed by atoms with van der Waals surface area (Å²) < 4.78 is 0. The molecule has 1 rings (SSSR count). The van der Waals surface area contributed by atoms with Crippen molar-refractivity contribution in [2.75, 3.05) is 12.0 Å². The van der Waals surface area contributed by atoms with E-state index >= 15 is 0 Å². The number of thioether (sulfide) groups is 1. The Hall–Kier alpha value is -0.620. The molecule has 0 aliphatic heterocycles. The van der Waals surface area contributed by atoms with Crippen LogP contribution in [0.15, 0.2) is 0 Å². The lowest BCUT2D eigenvalue weighted by molar-refractivity contribution is 0.527. The lowest BCUT2D eigenvalue weighted by atomic mass is 10.2. The van der Waals surface area contributed by atoms with Gasteiger partial charge in [0.25, 0.3) is 0 Å². The van der Waals surface area contributed by atoms with E-state index in [1.807, 2.05) is 11.8 Å². The second kappa shape index (κ2) is 5.98. The van der Waals surface area contributed by atoms with Crippen molar-refractivity contribution in [3.8, 4) is 0 Å². The Labute approximate surface area is 88.6 Å². The topological polar surface area (TPSA) is 55.6 Å². The van der Waals surface area contributed by atoms with Crippen molar-refractivity contribution in [3.63, 3.8) is 0 Å². The molecule has 1 heterocycles. The third kappa shape index (κ3) is 3.63. The van der Waals surface area contributed by atoms with E-state index in [9.17, 15) is 0 Å². The lowest BCUT2D eigenvalue weighted by Gasteiger charge is -2.13. The smallest absolute Gasteiger partial charge is 0.188 e. The molecule has 0 amide bonds. The van der Waals surface area contributed by atoms with Crippen molar-refractivity contribution in [2.45, 2.75) is 25.9 Å². The molecule has 1 aromatic heterocycles. The van der Waals surface area contributed by atoms with Gasteiger partial charge in [-0.2, -0.15) is 16.6 Å². The standard InChI is InChI=1S/C8H17N5S/c1-4-7(6-14-3)9-5-8-10-12-13(2)11-8/h7,9H,4-6H2,1-3H3. The number of rotatable bonds is 6. The van der Waals surface area contributed by atoms with E-state index < -0.39 is 0 Å². The van der Waals surface area contributed by atoms with Crippen molar-refractivity contribution in [2.24, 2.45) is 7.05 Å². The minimum atomic E-state index is 0.536. The van der Waals surface area contributed by atoms with Crippen molar-refractivity contribution in [1.29, 1.82) is 0 Å². The zero-order chi connectivity index (χ0) is 10.4. The maximum atomic E-state index is 4.10. The van der Waals surface area contributed by atoms with Crippen LogP contribution < -0.4 is 5.32 Å². The zero-order valence-electron chi connectivity index (χ0n) is 8.90. The fourth-order valence-corrected chi connectivity index (χ4v) is 1.91. The third-order valence-electron chi connectivity index (χ3n) is 1.96. The van der Waals surface area contributed by atoms with Crippen molar-refractivity contribution in [3.05, 3.63) is 5.82 Å². The van der Waals surface area contributed by atoms with E-state index in [-0.39, 0.29) is 0 Å². The molecule has 6 heteroatoms. The second-order valence-corrected chi connectivity index (χ2v) is 4.05. The fraction of sp³-hybridized carbons (Fsp3) is 0.875. The predicted molar refractivity (Wildman–Crippen MR) is 58.1 cm³/mol. The first-order valence-electron chi connectivity index (χ1n) is 4.71. The predicted octanol–water partition coefficient (Wildman–Crippen LogP) is 0.441. The summed E-state index contributed by atoms with van der Waals surface area (Å²) in [6.45, 7) is 2.88. The Kier molecular flexibility index (Phi) is 4.89. The number of nitrogens with zero attached hydrogens (tertiary/aromatic N) is 4. The Balaban J connectivity index is 2.31. The summed E-state index contributed by atoms with van der Waals surface area (Å²) in [4.78, 5) is 1.48. The first kappa shape index (κ1) is 11.5. The van der Waals surface area contributed by atoms with Crippen molar-refractivity contribution in [1.82, 2.24) is 25.5 Å². The molecule has 0 radical (unpaired) electrons. The largest absolute Gasteiger partial charge is 0.306 e.